The van der Waals surface area contributed by atoms with Crippen LogP contribution in [0.3, 0.4) is 0 Å². The SMILES string of the molecule is COC(=O)C1=C(C(=O)c2ccc(C)cc2)[C@@H](c2ccc([N+](=O)[O-])cc2)n2nnnc2N1. The first-order valence-electron chi connectivity index (χ1n) is 9.13. The Balaban J connectivity index is 1.92. The molecule has 156 valence electrons. The molecule has 0 saturated carbocycles. The third kappa shape index (κ3) is 3.52. The number of nitrogens with zero attached hydrogens (tertiary/aromatic N) is 5. The van der Waals surface area contributed by atoms with Gasteiger partial charge in [0.1, 0.15) is 11.7 Å². The van der Waals surface area contributed by atoms with Gasteiger partial charge in [0.25, 0.3) is 5.69 Å². The fraction of sp³-hybridized carbons (Fsp3) is 0.150. The van der Waals surface area contributed by atoms with Crippen molar-refractivity contribution >= 4 is 23.4 Å². The van der Waals surface area contributed by atoms with E-state index in [1.807, 2.05) is 6.92 Å². The van der Waals surface area contributed by atoms with Crippen molar-refractivity contribution in [2.45, 2.75) is 13.0 Å². The van der Waals surface area contributed by atoms with E-state index in [1.54, 1.807) is 24.3 Å². The number of rotatable bonds is 5. The molecule has 0 fully saturated rings. The second-order valence-electron chi connectivity index (χ2n) is 6.80. The lowest BCUT2D eigenvalue weighted by Gasteiger charge is -2.28. The molecule has 11 heteroatoms. The first-order chi connectivity index (χ1) is 14.9. The van der Waals surface area contributed by atoms with Gasteiger partial charge in [-0.3, -0.25) is 14.9 Å². The zero-order valence-electron chi connectivity index (χ0n) is 16.5. The van der Waals surface area contributed by atoms with Gasteiger partial charge in [0, 0.05) is 17.7 Å². The molecule has 31 heavy (non-hydrogen) atoms. The first-order valence-corrected chi connectivity index (χ1v) is 9.13. The molecule has 0 aliphatic carbocycles. The van der Waals surface area contributed by atoms with E-state index in [2.05, 4.69) is 20.8 Å². The number of hydrogen-bond donors (Lipinski definition) is 1. The maximum absolute atomic E-state index is 13.5. The van der Waals surface area contributed by atoms with E-state index in [0.29, 0.717) is 11.1 Å². The average Bonchev–Trinajstić information content (AvgIpc) is 3.25. The lowest BCUT2D eigenvalue weighted by Crippen LogP contribution is -2.32. The van der Waals surface area contributed by atoms with Gasteiger partial charge in [-0.05, 0) is 35.0 Å². The Morgan fingerprint density at radius 3 is 2.42 bits per heavy atom. The number of carbonyl (C=O) groups excluding carboxylic acids is 2. The Hall–Kier alpha value is -4.41. The number of ether oxygens (including phenoxy) is 1. The lowest BCUT2D eigenvalue weighted by molar-refractivity contribution is -0.384. The number of aryl methyl sites for hydroxylation is 1. The van der Waals surface area contributed by atoms with Crippen LogP contribution in [0.25, 0.3) is 0 Å². The van der Waals surface area contributed by atoms with Crippen LogP contribution in [0.2, 0.25) is 0 Å². The number of allylic oxidation sites excluding steroid dienone is 1. The third-order valence-electron chi connectivity index (χ3n) is 4.88. The van der Waals surface area contributed by atoms with Crippen molar-refractivity contribution in [3.8, 4) is 0 Å². The van der Waals surface area contributed by atoms with E-state index in [4.69, 9.17) is 4.74 Å². The Bertz CT molecular complexity index is 1210. The molecule has 0 saturated heterocycles. The fourth-order valence-corrected chi connectivity index (χ4v) is 3.34. The first kappa shape index (κ1) is 19.9. The van der Waals surface area contributed by atoms with E-state index in [0.717, 1.165) is 5.56 Å². The minimum Gasteiger partial charge on any atom is -0.464 e. The molecule has 1 N–H and O–H groups in total. The van der Waals surface area contributed by atoms with Crippen LogP contribution < -0.4 is 5.32 Å². The zero-order chi connectivity index (χ0) is 22.1. The lowest BCUT2D eigenvalue weighted by atomic mass is 9.89. The van der Waals surface area contributed by atoms with Gasteiger partial charge in [0.05, 0.1) is 17.6 Å². The number of tetrazole rings is 1. The maximum Gasteiger partial charge on any atom is 0.355 e. The number of Topliss-reactive ketones (excluding diaryl/α,β-unsaturated/α-hetero) is 1. The van der Waals surface area contributed by atoms with Crippen LogP contribution in [-0.2, 0) is 9.53 Å². The van der Waals surface area contributed by atoms with Crippen LogP contribution in [0, 0.1) is 17.0 Å². The highest BCUT2D eigenvalue weighted by atomic mass is 16.6. The average molecular weight is 420 g/mol. The third-order valence-corrected chi connectivity index (χ3v) is 4.88. The Morgan fingerprint density at radius 2 is 1.81 bits per heavy atom. The number of nitro benzene ring substituents is 1. The molecule has 0 amide bonds. The van der Waals surface area contributed by atoms with E-state index < -0.39 is 22.7 Å². The Kier molecular flexibility index (Phi) is 4.99. The summed E-state index contributed by atoms with van der Waals surface area (Å²) in [6, 6.07) is 11.6. The minimum atomic E-state index is -0.907. The molecule has 0 bridgehead atoms. The Morgan fingerprint density at radius 1 is 1.13 bits per heavy atom. The number of nitrogens with one attached hydrogen (secondary N) is 1. The number of carbonyl (C=O) groups is 2. The number of anilines is 1. The molecule has 1 aliphatic rings. The van der Waals surface area contributed by atoms with Crippen molar-refractivity contribution in [3.05, 3.63) is 86.6 Å². The van der Waals surface area contributed by atoms with Crippen molar-refractivity contribution < 1.29 is 19.2 Å². The van der Waals surface area contributed by atoms with Crippen molar-refractivity contribution in [2.75, 3.05) is 12.4 Å². The molecule has 3 aromatic rings. The number of ketones is 1. The molecule has 2 aromatic carbocycles. The topological polar surface area (TPSA) is 142 Å². The van der Waals surface area contributed by atoms with Crippen molar-refractivity contribution in [2.24, 2.45) is 0 Å². The summed E-state index contributed by atoms with van der Waals surface area (Å²) in [5.41, 5.74) is 1.65. The molecule has 2 heterocycles. The molecule has 0 radical (unpaired) electrons. The van der Waals surface area contributed by atoms with Crippen LogP contribution in [0.5, 0.6) is 0 Å². The molecule has 1 atom stereocenters. The summed E-state index contributed by atoms with van der Waals surface area (Å²) in [4.78, 5) is 36.6. The molecule has 1 aromatic heterocycles. The normalized spacial score (nSPS) is 15.1. The number of esters is 1. The molecule has 4 rings (SSSR count). The molecule has 11 nitrogen and oxygen atoms in total. The van der Waals surface area contributed by atoms with Gasteiger partial charge in [-0.25, -0.2) is 4.79 Å². The predicted molar refractivity (Wildman–Crippen MR) is 107 cm³/mol. The van der Waals surface area contributed by atoms with Gasteiger partial charge in [-0.1, -0.05) is 34.9 Å². The van der Waals surface area contributed by atoms with Crippen LogP contribution >= 0.6 is 0 Å². The minimum absolute atomic E-state index is 0.0596. The van der Waals surface area contributed by atoms with E-state index in [9.17, 15) is 19.7 Å². The number of aromatic nitrogens is 4. The van der Waals surface area contributed by atoms with E-state index in [1.165, 1.54) is 36.1 Å². The fourth-order valence-electron chi connectivity index (χ4n) is 3.34. The highest BCUT2D eigenvalue weighted by molar-refractivity contribution is 6.14. The predicted octanol–water partition coefficient (Wildman–Crippen LogP) is 2.21. The van der Waals surface area contributed by atoms with Gasteiger partial charge in [-0.15, -0.1) is 0 Å². The summed E-state index contributed by atoms with van der Waals surface area (Å²) in [7, 11) is 1.20. The van der Waals surface area contributed by atoms with Crippen LogP contribution in [0.1, 0.15) is 27.5 Å². The summed E-state index contributed by atoms with van der Waals surface area (Å²) in [5.74, 6) is -1.07. The molecule has 0 unspecified atom stereocenters. The van der Waals surface area contributed by atoms with Crippen LogP contribution in [-0.4, -0.2) is 44.0 Å². The van der Waals surface area contributed by atoms with Crippen LogP contribution in [0.4, 0.5) is 11.6 Å². The maximum atomic E-state index is 13.5. The van der Waals surface area contributed by atoms with Crippen molar-refractivity contribution in [1.82, 2.24) is 20.2 Å². The van der Waals surface area contributed by atoms with E-state index >= 15 is 0 Å². The van der Waals surface area contributed by atoms with Crippen molar-refractivity contribution in [1.29, 1.82) is 0 Å². The second-order valence-corrected chi connectivity index (χ2v) is 6.80. The zero-order valence-corrected chi connectivity index (χ0v) is 16.5. The molecule has 0 spiro atoms. The highest BCUT2D eigenvalue weighted by Crippen LogP contribution is 2.37. The van der Waals surface area contributed by atoms with Crippen molar-refractivity contribution in [3.63, 3.8) is 0 Å². The standard InChI is InChI=1S/C20H16N6O5/c1-11-3-5-13(6-4-11)18(27)15-16(19(28)31-2)21-20-22-23-24-25(20)17(15)12-7-9-14(10-8-12)26(29)30/h3-10,17H,1-2H3,(H,21,22,24)/t17-/m1/s1. The summed E-state index contributed by atoms with van der Waals surface area (Å²) in [6.45, 7) is 1.89. The van der Waals surface area contributed by atoms with Gasteiger partial charge in [0.15, 0.2) is 5.78 Å². The van der Waals surface area contributed by atoms with Gasteiger partial charge in [0.2, 0.25) is 5.95 Å². The van der Waals surface area contributed by atoms with Gasteiger partial charge < -0.3 is 10.1 Å². The summed E-state index contributed by atoms with van der Waals surface area (Å²) < 4.78 is 6.22. The quantitative estimate of drug-likeness (QED) is 0.284. The smallest absolute Gasteiger partial charge is 0.355 e. The number of fused-ring (bicyclic) bond motifs is 1. The molecular weight excluding hydrogens is 404 g/mol. The molecular formula is C20H16N6O5. The number of nitro groups is 1. The summed E-state index contributed by atoms with van der Waals surface area (Å²) >= 11 is 0. The number of hydrogen-bond acceptors (Lipinski definition) is 9. The largest absolute Gasteiger partial charge is 0.464 e. The van der Waals surface area contributed by atoms with Gasteiger partial charge >= 0.3 is 5.97 Å². The number of methoxy groups -OCH3 is 1. The summed E-state index contributed by atoms with van der Waals surface area (Å²) in [5, 5.41) is 25.2. The highest BCUT2D eigenvalue weighted by Gasteiger charge is 2.38. The number of non-ortho nitro benzene ring substituents is 1. The Labute approximate surface area is 175 Å². The van der Waals surface area contributed by atoms with E-state index in [-0.39, 0.29) is 22.9 Å². The monoisotopic (exact) mass is 420 g/mol. The number of benzene rings is 2. The second kappa shape index (κ2) is 7.78. The van der Waals surface area contributed by atoms with Gasteiger partial charge in [-0.2, -0.15) is 4.68 Å². The summed E-state index contributed by atoms with van der Waals surface area (Å²) in [6.07, 6.45) is 0. The molecule has 1 aliphatic heterocycles. The van der Waals surface area contributed by atoms with Crippen LogP contribution in [0.15, 0.2) is 59.8 Å².